The van der Waals surface area contributed by atoms with E-state index in [1.807, 2.05) is 34.1 Å². The Morgan fingerprint density at radius 1 is 1.33 bits per heavy atom. The van der Waals surface area contributed by atoms with Crippen molar-refractivity contribution in [2.75, 3.05) is 44.3 Å². The van der Waals surface area contributed by atoms with Crippen LogP contribution in [0, 0.1) is 0 Å². The van der Waals surface area contributed by atoms with E-state index < -0.39 is 6.10 Å². The Morgan fingerprint density at radius 2 is 2.08 bits per heavy atom. The molecule has 0 radical (unpaired) electrons. The van der Waals surface area contributed by atoms with Crippen molar-refractivity contribution in [2.45, 2.75) is 19.4 Å². The van der Waals surface area contributed by atoms with Crippen molar-refractivity contribution in [3.05, 3.63) is 24.3 Å². The Bertz CT molecular complexity index is 604. The molecule has 1 fully saturated rings. The van der Waals surface area contributed by atoms with E-state index in [0.29, 0.717) is 43.7 Å². The van der Waals surface area contributed by atoms with Crippen molar-refractivity contribution in [1.82, 2.24) is 10.2 Å². The summed E-state index contributed by atoms with van der Waals surface area (Å²) in [6, 6.07) is 7.69. The molecule has 2 heterocycles. The van der Waals surface area contributed by atoms with E-state index in [9.17, 15) is 4.79 Å². The maximum atomic E-state index is 12.8. The molecule has 2 aliphatic heterocycles. The van der Waals surface area contributed by atoms with E-state index in [2.05, 4.69) is 12.2 Å². The summed E-state index contributed by atoms with van der Waals surface area (Å²) in [7, 11) is 0. The van der Waals surface area contributed by atoms with Crippen LogP contribution in [0.15, 0.2) is 24.3 Å². The first-order valence-corrected chi connectivity index (χ1v) is 8.79. The maximum absolute atomic E-state index is 12.8. The number of carbonyl (C=O) groups excluding carboxylic acids is 1. The van der Waals surface area contributed by atoms with Gasteiger partial charge in [0.2, 0.25) is 0 Å². The molecule has 3 rings (SSSR count). The molecule has 0 saturated carbocycles. The second kappa shape index (κ2) is 7.81. The fourth-order valence-corrected chi connectivity index (χ4v) is 3.15. The minimum Gasteiger partial charge on any atom is -0.476 e. The lowest BCUT2D eigenvalue weighted by atomic mass is 10.1. The van der Waals surface area contributed by atoms with Gasteiger partial charge in [0.15, 0.2) is 11.2 Å². The molecule has 1 amide bonds. The molecule has 1 saturated heterocycles. The number of ether oxygens (including phenoxy) is 2. The van der Waals surface area contributed by atoms with Crippen LogP contribution in [-0.2, 0) is 9.53 Å². The number of carbonyl (C=O) groups is 1. The van der Waals surface area contributed by atoms with E-state index in [1.165, 1.54) is 0 Å². The zero-order chi connectivity index (χ0) is 16.9. The first-order valence-electron chi connectivity index (χ1n) is 8.38. The van der Waals surface area contributed by atoms with Crippen molar-refractivity contribution < 1.29 is 14.3 Å². The molecule has 0 bridgehead atoms. The van der Waals surface area contributed by atoms with Crippen LogP contribution in [0.25, 0.3) is 0 Å². The standard InChI is InChI=1S/C17H23N3O3S/c1-2-7-18-17(24)20-12-15(16(21)19-8-10-22-11-9-19)23-14-6-4-3-5-13(14)20/h3-6,15H,2,7-12H2,1H3,(H,18,24)/t15-/m0/s1. The lowest BCUT2D eigenvalue weighted by Gasteiger charge is -2.38. The normalized spacial score (nSPS) is 20.1. The molecular formula is C17H23N3O3S. The van der Waals surface area contributed by atoms with Crippen LogP contribution in [0.5, 0.6) is 5.75 Å². The zero-order valence-electron chi connectivity index (χ0n) is 13.9. The molecule has 130 valence electrons. The van der Waals surface area contributed by atoms with Gasteiger partial charge in [-0.05, 0) is 30.8 Å². The van der Waals surface area contributed by atoms with Crippen LogP contribution >= 0.6 is 12.2 Å². The fourth-order valence-electron chi connectivity index (χ4n) is 2.87. The van der Waals surface area contributed by atoms with Gasteiger partial charge in [0.1, 0.15) is 5.75 Å². The summed E-state index contributed by atoms with van der Waals surface area (Å²) in [5.74, 6) is 0.687. The first-order chi connectivity index (χ1) is 11.7. The Labute approximate surface area is 147 Å². The Kier molecular flexibility index (Phi) is 5.52. The molecule has 1 N–H and O–H groups in total. The maximum Gasteiger partial charge on any atom is 0.265 e. The van der Waals surface area contributed by atoms with Crippen molar-refractivity contribution in [3.8, 4) is 5.75 Å². The second-order valence-corrected chi connectivity index (χ2v) is 6.24. The summed E-state index contributed by atoms with van der Waals surface area (Å²) in [6.07, 6.45) is 0.432. The van der Waals surface area contributed by atoms with Gasteiger partial charge >= 0.3 is 0 Å². The third-order valence-corrected chi connectivity index (χ3v) is 4.51. The minimum atomic E-state index is -0.556. The van der Waals surface area contributed by atoms with Crippen LogP contribution < -0.4 is 15.0 Å². The number of thiocarbonyl (C=S) groups is 1. The number of benzene rings is 1. The highest BCUT2D eigenvalue weighted by Gasteiger charge is 2.35. The molecule has 0 unspecified atom stereocenters. The minimum absolute atomic E-state index is 0.00362. The predicted molar refractivity (Wildman–Crippen MR) is 96.5 cm³/mol. The molecule has 0 spiro atoms. The summed E-state index contributed by atoms with van der Waals surface area (Å²) in [6.45, 7) is 5.69. The molecule has 2 aliphatic rings. The monoisotopic (exact) mass is 349 g/mol. The number of nitrogens with one attached hydrogen (secondary N) is 1. The van der Waals surface area contributed by atoms with Crippen molar-refractivity contribution in [2.24, 2.45) is 0 Å². The van der Waals surface area contributed by atoms with Gasteiger partial charge in [-0.25, -0.2) is 0 Å². The Morgan fingerprint density at radius 3 is 2.83 bits per heavy atom. The van der Waals surface area contributed by atoms with Crippen molar-refractivity contribution in [1.29, 1.82) is 0 Å². The van der Waals surface area contributed by atoms with Crippen LogP contribution in [0.2, 0.25) is 0 Å². The molecule has 24 heavy (non-hydrogen) atoms. The largest absolute Gasteiger partial charge is 0.476 e. The van der Waals surface area contributed by atoms with Gasteiger partial charge < -0.3 is 24.6 Å². The number of hydrogen-bond donors (Lipinski definition) is 1. The van der Waals surface area contributed by atoms with E-state index in [0.717, 1.165) is 18.7 Å². The van der Waals surface area contributed by atoms with E-state index in [4.69, 9.17) is 21.7 Å². The molecule has 0 aliphatic carbocycles. The molecule has 0 aromatic heterocycles. The van der Waals surface area contributed by atoms with E-state index in [1.54, 1.807) is 0 Å². The number of rotatable bonds is 3. The quantitative estimate of drug-likeness (QED) is 0.833. The van der Waals surface area contributed by atoms with Gasteiger partial charge in [-0.1, -0.05) is 19.1 Å². The number of anilines is 1. The Balaban J connectivity index is 1.79. The van der Waals surface area contributed by atoms with Gasteiger partial charge in [-0.2, -0.15) is 0 Å². The van der Waals surface area contributed by atoms with Crippen molar-refractivity contribution in [3.63, 3.8) is 0 Å². The van der Waals surface area contributed by atoms with Gasteiger partial charge in [0.25, 0.3) is 5.91 Å². The fraction of sp³-hybridized carbons (Fsp3) is 0.529. The average molecular weight is 349 g/mol. The highest BCUT2D eigenvalue weighted by atomic mass is 32.1. The summed E-state index contributed by atoms with van der Waals surface area (Å²) in [4.78, 5) is 16.6. The smallest absolute Gasteiger partial charge is 0.265 e. The van der Waals surface area contributed by atoms with Gasteiger partial charge in [0.05, 0.1) is 25.4 Å². The lowest BCUT2D eigenvalue weighted by Crippen LogP contribution is -2.55. The van der Waals surface area contributed by atoms with E-state index in [-0.39, 0.29) is 5.91 Å². The second-order valence-electron chi connectivity index (χ2n) is 5.85. The third-order valence-electron chi connectivity index (χ3n) is 4.14. The summed E-state index contributed by atoms with van der Waals surface area (Å²) in [5, 5.41) is 3.87. The number of fused-ring (bicyclic) bond motifs is 1. The number of nitrogens with zero attached hydrogens (tertiary/aromatic N) is 2. The molecule has 1 atom stereocenters. The highest BCUT2D eigenvalue weighted by molar-refractivity contribution is 7.80. The number of morpholine rings is 1. The van der Waals surface area contributed by atoms with Crippen LogP contribution in [0.3, 0.4) is 0 Å². The van der Waals surface area contributed by atoms with E-state index >= 15 is 0 Å². The van der Waals surface area contributed by atoms with Crippen molar-refractivity contribution >= 4 is 28.9 Å². The number of amides is 1. The highest BCUT2D eigenvalue weighted by Crippen LogP contribution is 2.33. The van der Waals surface area contributed by atoms with Gasteiger partial charge in [0, 0.05) is 19.6 Å². The first kappa shape index (κ1) is 17.0. The SMILES string of the molecule is CCCNC(=S)N1C[C@@H](C(=O)N2CCOCC2)Oc2ccccc21. The molecular weight excluding hydrogens is 326 g/mol. The number of hydrogen-bond acceptors (Lipinski definition) is 4. The number of para-hydroxylation sites is 2. The van der Waals surface area contributed by atoms with Crippen LogP contribution in [0.4, 0.5) is 5.69 Å². The molecule has 1 aromatic rings. The molecule has 1 aromatic carbocycles. The molecule has 6 nitrogen and oxygen atoms in total. The topological polar surface area (TPSA) is 54.0 Å². The average Bonchev–Trinajstić information content (AvgIpc) is 2.65. The molecule has 7 heteroatoms. The van der Waals surface area contributed by atoms with Gasteiger partial charge in [-0.15, -0.1) is 0 Å². The Hall–Kier alpha value is -1.86. The lowest BCUT2D eigenvalue weighted by molar-refractivity contribution is -0.142. The van der Waals surface area contributed by atoms with Crippen LogP contribution in [-0.4, -0.2) is 61.4 Å². The summed E-state index contributed by atoms with van der Waals surface area (Å²) in [5.41, 5.74) is 0.900. The summed E-state index contributed by atoms with van der Waals surface area (Å²) >= 11 is 5.53. The van der Waals surface area contributed by atoms with Crippen LogP contribution in [0.1, 0.15) is 13.3 Å². The zero-order valence-corrected chi connectivity index (χ0v) is 14.7. The summed E-state index contributed by atoms with van der Waals surface area (Å²) < 4.78 is 11.3. The third kappa shape index (κ3) is 3.62. The predicted octanol–water partition coefficient (Wildman–Crippen LogP) is 1.40. The van der Waals surface area contributed by atoms with Gasteiger partial charge in [-0.3, -0.25) is 4.79 Å².